The number of thioether (sulfide) groups is 1. The third-order valence-corrected chi connectivity index (χ3v) is 7.06. The largest absolute Gasteiger partial charge is 0.508 e. The lowest BCUT2D eigenvalue weighted by molar-refractivity contribution is -0.128. The van der Waals surface area contributed by atoms with E-state index in [4.69, 9.17) is 4.74 Å². The fourth-order valence-electron chi connectivity index (χ4n) is 4.26. The zero-order valence-corrected chi connectivity index (χ0v) is 20.0. The minimum Gasteiger partial charge on any atom is -0.508 e. The SMILES string of the molecule is O=C(CSc1nnc(N2CCOCC2)n1-c1cccc(F)c1)N1CCN(c2ccc(O)cc2)CC1. The fraction of sp³-hybridized carbons (Fsp3) is 0.375. The van der Waals surface area contributed by atoms with E-state index in [2.05, 4.69) is 20.0 Å². The predicted octanol–water partition coefficient (Wildman–Crippen LogP) is 2.39. The zero-order valence-electron chi connectivity index (χ0n) is 19.2. The molecule has 0 saturated carbocycles. The maximum absolute atomic E-state index is 14.0. The summed E-state index contributed by atoms with van der Waals surface area (Å²) in [6.45, 7) is 5.21. The van der Waals surface area contributed by atoms with Crippen LogP contribution in [0.15, 0.2) is 53.7 Å². The molecular weight excluding hydrogens is 471 g/mol. The van der Waals surface area contributed by atoms with E-state index in [1.54, 1.807) is 18.2 Å². The number of piperazine rings is 1. The Morgan fingerprint density at radius 3 is 2.40 bits per heavy atom. The number of carbonyl (C=O) groups excluding carboxylic acids is 1. The van der Waals surface area contributed by atoms with Crippen molar-refractivity contribution in [2.24, 2.45) is 0 Å². The number of rotatable bonds is 6. The van der Waals surface area contributed by atoms with Crippen molar-refractivity contribution < 1.29 is 19.0 Å². The molecule has 0 bridgehead atoms. The molecule has 5 rings (SSSR count). The van der Waals surface area contributed by atoms with Crippen LogP contribution in [0.4, 0.5) is 16.0 Å². The highest BCUT2D eigenvalue weighted by atomic mass is 32.2. The van der Waals surface area contributed by atoms with Crippen molar-refractivity contribution in [1.29, 1.82) is 0 Å². The van der Waals surface area contributed by atoms with E-state index in [0.29, 0.717) is 56.2 Å². The zero-order chi connectivity index (χ0) is 24.2. The molecule has 0 spiro atoms. The van der Waals surface area contributed by atoms with E-state index >= 15 is 0 Å². The first-order valence-corrected chi connectivity index (χ1v) is 12.6. The number of nitrogens with zero attached hydrogens (tertiary/aromatic N) is 6. The second-order valence-corrected chi connectivity index (χ2v) is 9.31. The number of amides is 1. The Morgan fingerprint density at radius 2 is 1.69 bits per heavy atom. The summed E-state index contributed by atoms with van der Waals surface area (Å²) in [6, 6.07) is 13.4. The molecule has 0 unspecified atom stereocenters. The smallest absolute Gasteiger partial charge is 0.233 e. The molecule has 1 amide bonds. The monoisotopic (exact) mass is 498 g/mol. The van der Waals surface area contributed by atoms with Crippen molar-refractivity contribution in [3.05, 3.63) is 54.3 Å². The van der Waals surface area contributed by atoms with E-state index in [1.165, 1.54) is 23.9 Å². The molecule has 3 aromatic rings. The van der Waals surface area contributed by atoms with Crippen LogP contribution in [0.25, 0.3) is 5.69 Å². The number of phenols is 1. The third-order valence-electron chi connectivity index (χ3n) is 6.15. The summed E-state index contributed by atoms with van der Waals surface area (Å²) < 4.78 is 21.3. The van der Waals surface area contributed by atoms with Crippen molar-refractivity contribution >= 4 is 29.3 Å². The van der Waals surface area contributed by atoms with Crippen LogP contribution in [0.5, 0.6) is 5.75 Å². The minimum atomic E-state index is -0.345. The lowest BCUT2D eigenvalue weighted by Crippen LogP contribution is -2.49. The van der Waals surface area contributed by atoms with E-state index < -0.39 is 0 Å². The molecule has 0 radical (unpaired) electrons. The average molecular weight is 499 g/mol. The molecule has 0 atom stereocenters. The Bertz CT molecular complexity index is 1160. The second kappa shape index (κ2) is 10.5. The van der Waals surface area contributed by atoms with Crippen LogP contribution >= 0.6 is 11.8 Å². The van der Waals surface area contributed by atoms with Gasteiger partial charge in [0.15, 0.2) is 5.16 Å². The van der Waals surface area contributed by atoms with Gasteiger partial charge in [0.2, 0.25) is 11.9 Å². The standard InChI is InChI=1S/C24H27FN6O3S/c25-18-2-1-3-20(16-18)31-23(30-12-14-34-15-13-30)26-27-24(31)35-17-22(33)29-10-8-28(9-11-29)19-4-6-21(32)7-5-19/h1-7,16,32H,8-15,17H2. The summed E-state index contributed by atoms with van der Waals surface area (Å²) in [5.74, 6) is 0.763. The van der Waals surface area contributed by atoms with Gasteiger partial charge in [0.1, 0.15) is 11.6 Å². The molecule has 35 heavy (non-hydrogen) atoms. The number of hydrogen-bond acceptors (Lipinski definition) is 8. The molecule has 2 fully saturated rings. The Balaban J connectivity index is 1.26. The van der Waals surface area contributed by atoms with Crippen LogP contribution in [-0.2, 0) is 9.53 Å². The van der Waals surface area contributed by atoms with Crippen LogP contribution in [0.1, 0.15) is 0 Å². The summed E-state index contributed by atoms with van der Waals surface area (Å²) in [7, 11) is 0. The summed E-state index contributed by atoms with van der Waals surface area (Å²) in [4.78, 5) is 19.1. The van der Waals surface area contributed by atoms with Crippen LogP contribution < -0.4 is 9.80 Å². The molecule has 1 aromatic heterocycles. The number of phenolic OH excluding ortho intramolecular Hbond substituents is 1. The fourth-order valence-corrected chi connectivity index (χ4v) is 5.11. The normalized spacial score (nSPS) is 16.5. The Kier molecular flexibility index (Phi) is 7.05. The highest BCUT2D eigenvalue weighted by molar-refractivity contribution is 7.99. The van der Waals surface area contributed by atoms with Gasteiger partial charge >= 0.3 is 0 Å². The first-order chi connectivity index (χ1) is 17.1. The summed E-state index contributed by atoms with van der Waals surface area (Å²) >= 11 is 1.31. The molecule has 1 N–H and O–H groups in total. The molecular formula is C24H27FN6O3S. The van der Waals surface area contributed by atoms with E-state index in [-0.39, 0.29) is 23.2 Å². The van der Waals surface area contributed by atoms with Crippen LogP contribution in [0, 0.1) is 5.82 Å². The third kappa shape index (κ3) is 5.35. The quantitative estimate of drug-likeness (QED) is 0.519. The van der Waals surface area contributed by atoms with Gasteiger partial charge in [0.25, 0.3) is 0 Å². The van der Waals surface area contributed by atoms with Crippen molar-refractivity contribution in [2.75, 3.05) is 68.0 Å². The average Bonchev–Trinajstić information content (AvgIpc) is 3.32. The van der Waals surface area contributed by atoms with E-state index in [1.807, 2.05) is 27.7 Å². The van der Waals surface area contributed by atoms with Gasteiger partial charge in [-0.3, -0.25) is 9.36 Å². The number of aromatic nitrogens is 3. The Morgan fingerprint density at radius 1 is 0.943 bits per heavy atom. The van der Waals surface area contributed by atoms with Gasteiger partial charge in [0, 0.05) is 45.0 Å². The van der Waals surface area contributed by atoms with Crippen LogP contribution in [0.2, 0.25) is 0 Å². The molecule has 2 aliphatic rings. The van der Waals surface area contributed by atoms with Crippen molar-refractivity contribution in [2.45, 2.75) is 5.16 Å². The Labute approximate surface area is 207 Å². The van der Waals surface area contributed by atoms with Gasteiger partial charge in [-0.2, -0.15) is 0 Å². The molecule has 184 valence electrons. The molecule has 3 heterocycles. The van der Waals surface area contributed by atoms with Crippen molar-refractivity contribution in [1.82, 2.24) is 19.7 Å². The lowest BCUT2D eigenvalue weighted by atomic mass is 10.2. The van der Waals surface area contributed by atoms with Crippen molar-refractivity contribution in [3.63, 3.8) is 0 Å². The number of aromatic hydroxyl groups is 1. The van der Waals surface area contributed by atoms with Gasteiger partial charge in [-0.15, -0.1) is 10.2 Å². The maximum Gasteiger partial charge on any atom is 0.233 e. The Hall–Kier alpha value is -3.31. The van der Waals surface area contributed by atoms with Crippen LogP contribution in [-0.4, -0.2) is 88.9 Å². The molecule has 9 nitrogen and oxygen atoms in total. The van der Waals surface area contributed by atoms with Gasteiger partial charge in [-0.1, -0.05) is 17.8 Å². The van der Waals surface area contributed by atoms with E-state index in [0.717, 1.165) is 18.8 Å². The second-order valence-electron chi connectivity index (χ2n) is 8.37. The predicted molar refractivity (Wildman–Crippen MR) is 132 cm³/mol. The van der Waals surface area contributed by atoms with Gasteiger partial charge < -0.3 is 24.5 Å². The minimum absolute atomic E-state index is 0.0297. The van der Waals surface area contributed by atoms with Crippen molar-refractivity contribution in [3.8, 4) is 11.4 Å². The number of benzene rings is 2. The lowest BCUT2D eigenvalue weighted by Gasteiger charge is -2.36. The van der Waals surface area contributed by atoms with Gasteiger partial charge in [-0.05, 0) is 42.5 Å². The molecule has 0 aliphatic carbocycles. The number of morpholine rings is 1. The number of anilines is 2. The number of hydrogen-bond donors (Lipinski definition) is 1. The maximum atomic E-state index is 14.0. The summed E-state index contributed by atoms with van der Waals surface area (Å²) in [5, 5.41) is 18.8. The van der Waals surface area contributed by atoms with Gasteiger partial charge in [0.05, 0.1) is 24.7 Å². The molecule has 2 saturated heterocycles. The highest BCUT2D eigenvalue weighted by Crippen LogP contribution is 2.28. The molecule has 2 aromatic carbocycles. The summed E-state index contributed by atoms with van der Waals surface area (Å²) in [6.07, 6.45) is 0. The number of halogens is 1. The van der Waals surface area contributed by atoms with Crippen LogP contribution in [0.3, 0.4) is 0 Å². The van der Waals surface area contributed by atoms with E-state index in [9.17, 15) is 14.3 Å². The first kappa shape index (κ1) is 23.4. The number of ether oxygens (including phenoxy) is 1. The summed E-state index contributed by atoms with van der Waals surface area (Å²) in [5.41, 5.74) is 1.65. The topological polar surface area (TPSA) is 87.0 Å². The molecule has 2 aliphatic heterocycles. The first-order valence-electron chi connectivity index (χ1n) is 11.6. The number of carbonyl (C=O) groups is 1. The molecule has 11 heteroatoms. The van der Waals surface area contributed by atoms with Gasteiger partial charge in [-0.25, -0.2) is 4.39 Å². The highest BCUT2D eigenvalue weighted by Gasteiger charge is 2.25.